The van der Waals surface area contributed by atoms with Gasteiger partial charge in [0.25, 0.3) is 0 Å². The molecule has 0 bridgehead atoms. The van der Waals surface area contributed by atoms with Crippen molar-refractivity contribution in [1.29, 1.82) is 0 Å². The van der Waals surface area contributed by atoms with Crippen molar-refractivity contribution in [3.8, 4) is 22.9 Å². The second-order valence-corrected chi connectivity index (χ2v) is 8.06. The zero-order valence-electron chi connectivity index (χ0n) is 18.8. The highest BCUT2D eigenvalue weighted by Gasteiger charge is 2.29. The highest BCUT2D eigenvalue weighted by Crippen LogP contribution is 2.28. The number of hydrogen-bond donors (Lipinski definition) is 0. The Morgan fingerprint density at radius 3 is 2.65 bits per heavy atom. The van der Waals surface area contributed by atoms with Crippen LogP contribution in [0.3, 0.4) is 0 Å². The minimum atomic E-state index is -0.164. The molecule has 5 rings (SSSR count). The number of amides is 1. The molecule has 3 heterocycles. The van der Waals surface area contributed by atoms with E-state index in [1.165, 1.54) is 6.08 Å². The summed E-state index contributed by atoms with van der Waals surface area (Å²) in [6.07, 6.45) is 5.38. The number of benzene rings is 2. The molecule has 1 aliphatic heterocycles. The minimum absolute atomic E-state index is 0.113. The van der Waals surface area contributed by atoms with Crippen LogP contribution in [-0.2, 0) is 4.79 Å². The Kier molecular flexibility index (Phi) is 5.63. The van der Waals surface area contributed by atoms with Gasteiger partial charge in [0.15, 0.2) is 0 Å². The van der Waals surface area contributed by atoms with Crippen LogP contribution in [0.4, 0.5) is 0 Å². The molecule has 0 radical (unpaired) electrons. The van der Waals surface area contributed by atoms with Crippen molar-refractivity contribution in [3.63, 3.8) is 0 Å². The second kappa shape index (κ2) is 8.90. The van der Waals surface area contributed by atoms with Crippen LogP contribution in [0.2, 0.25) is 0 Å². The summed E-state index contributed by atoms with van der Waals surface area (Å²) < 4.78 is 14.6. The molecule has 8 heteroatoms. The third-order valence-electron chi connectivity index (χ3n) is 6.06. The molecule has 4 aromatic rings. The number of carbonyl (C=O) groups is 1. The second-order valence-electron chi connectivity index (χ2n) is 8.06. The lowest BCUT2D eigenvalue weighted by Crippen LogP contribution is -2.31. The van der Waals surface area contributed by atoms with Crippen LogP contribution in [0.15, 0.2) is 84.4 Å². The van der Waals surface area contributed by atoms with Crippen molar-refractivity contribution in [3.05, 3.63) is 90.1 Å². The average Bonchev–Trinajstić information content (AvgIpc) is 3.46. The fourth-order valence-electron chi connectivity index (χ4n) is 4.42. The van der Waals surface area contributed by atoms with Gasteiger partial charge in [-0.25, -0.2) is 4.79 Å². The topological polar surface area (TPSA) is 78.6 Å². The van der Waals surface area contributed by atoms with Crippen molar-refractivity contribution >= 4 is 16.9 Å². The van der Waals surface area contributed by atoms with Gasteiger partial charge in [0.1, 0.15) is 17.2 Å². The molecular weight excluding hydrogens is 432 g/mol. The monoisotopic (exact) mass is 456 g/mol. The van der Waals surface area contributed by atoms with E-state index in [0.717, 1.165) is 5.52 Å². The Bertz CT molecular complexity index is 1420. The third-order valence-corrected chi connectivity index (χ3v) is 6.06. The first kappa shape index (κ1) is 21.5. The minimum Gasteiger partial charge on any atom is -0.497 e. The predicted molar refractivity (Wildman–Crippen MR) is 129 cm³/mol. The summed E-state index contributed by atoms with van der Waals surface area (Å²) in [5.74, 6) is 1.89. The normalized spacial score (nSPS) is 15.4. The van der Waals surface area contributed by atoms with Gasteiger partial charge in [-0.05, 0) is 55.0 Å². The Morgan fingerprint density at radius 1 is 1.09 bits per heavy atom. The highest BCUT2D eigenvalue weighted by atomic mass is 16.5. The summed E-state index contributed by atoms with van der Waals surface area (Å²) in [7, 11) is 1.61. The molecule has 172 valence electrons. The summed E-state index contributed by atoms with van der Waals surface area (Å²) in [5, 5.41) is 0. The number of likely N-dealkylation sites (tertiary alicyclic amines) is 1. The first-order valence-electron chi connectivity index (χ1n) is 11.0. The first-order chi connectivity index (χ1) is 16.6. The molecule has 1 fully saturated rings. The van der Waals surface area contributed by atoms with Crippen LogP contribution in [0.25, 0.3) is 16.7 Å². The van der Waals surface area contributed by atoms with Crippen LogP contribution >= 0.6 is 0 Å². The van der Waals surface area contributed by atoms with E-state index in [9.17, 15) is 9.59 Å². The molecule has 0 N–H and O–H groups in total. The van der Waals surface area contributed by atoms with Gasteiger partial charge >= 0.3 is 5.69 Å². The molecule has 2 aromatic carbocycles. The molecule has 1 saturated heterocycles. The number of nitrogens with zero attached hydrogens (tertiary/aromatic N) is 4. The van der Waals surface area contributed by atoms with Crippen LogP contribution in [0.1, 0.15) is 12.5 Å². The van der Waals surface area contributed by atoms with Crippen LogP contribution in [0, 0.1) is 0 Å². The smallest absolute Gasteiger partial charge is 0.334 e. The lowest BCUT2D eigenvalue weighted by Gasteiger charge is -2.15. The van der Waals surface area contributed by atoms with Gasteiger partial charge in [0.2, 0.25) is 5.91 Å². The van der Waals surface area contributed by atoms with Crippen molar-refractivity contribution in [1.82, 2.24) is 19.0 Å². The predicted octanol–water partition coefficient (Wildman–Crippen LogP) is 3.95. The van der Waals surface area contributed by atoms with Crippen LogP contribution < -0.4 is 15.2 Å². The molecule has 0 saturated carbocycles. The van der Waals surface area contributed by atoms with E-state index in [1.807, 2.05) is 48.5 Å². The van der Waals surface area contributed by atoms with Crippen LogP contribution in [0.5, 0.6) is 17.2 Å². The fraction of sp³-hybridized carbons (Fsp3) is 0.192. The molecule has 1 atom stereocenters. The molecule has 1 amide bonds. The van der Waals surface area contributed by atoms with Gasteiger partial charge in [-0.2, -0.15) is 0 Å². The zero-order valence-corrected chi connectivity index (χ0v) is 18.8. The van der Waals surface area contributed by atoms with Gasteiger partial charge in [0.05, 0.1) is 36.1 Å². The molecule has 1 aliphatic rings. The summed E-state index contributed by atoms with van der Waals surface area (Å²) >= 11 is 0. The number of pyridine rings is 1. The molecular formula is C26H24N4O4. The van der Waals surface area contributed by atoms with Gasteiger partial charge < -0.3 is 14.4 Å². The van der Waals surface area contributed by atoms with E-state index in [-0.39, 0.29) is 17.6 Å². The first-order valence-corrected chi connectivity index (χ1v) is 11.0. The molecule has 1 unspecified atom stereocenters. The highest BCUT2D eigenvalue weighted by molar-refractivity contribution is 5.87. The number of ether oxygens (including phenoxy) is 2. The molecule has 34 heavy (non-hydrogen) atoms. The van der Waals surface area contributed by atoms with E-state index < -0.39 is 0 Å². The van der Waals surface area contributed by atoms with E-state index in [4.69, 9.17) is 9.47 Å². The van der Waals surface area contributed by atoms with E-state index in [0.29, 0.717) is 48.0 Å². The van der Waals surface area contributed by atoms with Crippen LogP contribution in [-0.4, -0.2) is 45.1 Å². The van der Waals surface area contributed by atoms with Crippen molar-refractivity contribution in [2.24, 2.45) is 0 Å². The SMILES string of the molecule is C=CC(=O)N1CCC(n2c(=O)n(-c3ccc(Oc4cccc(OC)c4)cc3)c3cnccc32)C1. The van der Waals surface area contributed by atoms with Crippen molar-refractivity contribution in [2.45, 2.75) is 12.5 Å². The summed E-state index contributed by atoms with van der Waals surface area (Å²) in [6, 6.07) is 16.4. The quantitative estimate of drug-likeness (QED) is 0.411. The molecule has 2 aromatic heterocycles. The maximum Gasteiger partial charge on any atom is 0.334 e. The summed E-state index contributed by atoms with van der Waals surface area (Å²) in [4.78, 5) is 31.6. The summed E-state index contributed by atoms with van der Waals surface area (Å²) in [5.41, 5.74) is 2.04. The van der Waals surface area contributed by atoms with Gasteiger partial charge in [-0.1, -0.05) is 12.6 Å². The van der Waals surface area contributed by atoms with E-state index >= 15 is 0 Å². The Hall–Kier alpha value is -4.33. The van der Waals surface area contributed by atoms with Crippen molar-refractivity contribution in [2.75, 3.05) is 20.2 Å². The zero-order chi connectivity index (χ0) is 23.7. The lowest BCUT2D eigenvalue weighted by atomic mass is 10.2. The number of aromatic nitrogens is 3. The van der Waals surface area contributed by atoms with Gasteiger partial charge in [-0.15, -0.1) is 0 Å². The van der Waals surface area contributed by atoms with Crippen molar-refractivity contribution < 1.29 is 14.3 Å². The fourth-order valence-corrected chi connectivity index (χ4v) is 4.42. The Labute approximate surface area is 196 Å². The third kappa shape index (κ3) is 3.83. The number of hydrogen-bond acceptors (Lipinski definition) is 5. The standard InChI is InChI=1S/C26H24N4O4/c1-3-25(31)28-14-12-19(17-28)30-23-11-13-27-16-24(23)29(26(30)32)18-7-9-20(10-8-18)34-22-6-4-5-21(15-22)33-2/h3-11,13,15-16,19H,1,12,14,17H2,2H3. The molecule has 0 aliphatic carbocycles. The summed E-state index contributed by atoms with van der Waals surface area (Å²) in [6.45, 7) is 4.63. The average molecular weight is 457 g/mol. The Balaban J connectivity index is 1.48. The maximum absolute atomic E-state index is 13.6. The maximum atomic E-state index is 13.6. The largest absolute Gasteiger partial charge is 0.497 e. The number of rotatable bonds is 6. The number of methoxy groups -OCH3 is 1. The van der Waals surface area contributed by atoms with Gasteiger partial charge in [-0.3, -0.25) is 18.9 Å². The lowest BCUT2D eigenvalue weighted by molar-refractivity contribution is -0.125. The number of carbonyl (C=O) groups excluding carboxylic acids is 1. The van der Waals surface area contributed by atoms with E-state index in [2.05, 4.69) is 11.6 Å². The molecule has 0 spiro atoms. The number of fused-ring (bicyclic) bond motifs is 1. The van der Waals surface area contributed by atoms with Gasteiger partial charge in [0, 0.05) is 25.4 Å². The molecule has 8 nitrogen and oxygen atoms in total. The van der Waals surface area contributed by atoms with E-state index in [1.54, 1.807) is 39.6 Å². The Morgan fingerprint density at radius 2 is 1.88 bits per heavy atom. The number of imidazole rings is 1.